The van der Waals surface area contributed by atoms with Gasteiger partial charge in [0.05, 0.1) is 6.42 Å². The van der Waals surface area contributed by atoms with Crippen LogP contribution in [0.2, 0.25) is 0 Å². The van der Waals surface area contributed by atoms with Gasteiger partial charge in [0.2, 0.25) is 0 Å². The van der Waals surface area contributed by atoms with Crippen molar-refractivity contribution in [3.05, 3.63) is 76.4 Å². The highest BCUT2D eigenvalue weighted by Crippen LogP contribution is 2.29. The molecule has 0 aliphatic rings. The van der Waals surface area contributed by atoms with E-state index in [0.29, 0.717) is 10.4 Å². The first kappa shape index (κ1) is 25.1. The van der Waals surface area contributed by atoms with Gasteiger partial charge in [-0.15, -0.1) is 11.3 Å². The first-order valence-electron chi connectivity index (χ1n) is 9.87. The van der Waals surface area contributed by atoms with E-state index < -0.39 is 42.1 Å². The van der Waals surface area contributed by atoms with Gasteiger partial charge in [-0.2, -0.15) is 0 Å². The number of carboxylic acid groups (broad SMARTS) is 2. The number of nitrogens with two attached hydrogens (primary N) is 1. The lowest BCUT2D eigenvalue weighted by Gasteiger charge is -2.12. The molecule has 12 heteroatoms. The van der Waals surface area contributed by atoms with Gasteiger partial charge in [0.25, 0.3) is 5.91 Å². The molecule has 6 N–H and O–H groups in total. The Bertz CT molecular complexity index is 1320. The van der Waals surface area contributed by atoms with Crippen molar-refractivity contribution in [1.29, 1.82) is 5.41 Å². The smallest absolute Gasteiger partial charge is 0.353 e. The zero-order valence-corrected chi connectivity index (χ0v) is 18.6. The molecule has 0 spiro atoms. The fourth-order valence-corrected chi connectivity index (χ4v) is 3.79. The molecule has 1 aromatic heterocycles. The van der Waals surface area contributed by atoms with Crippen LogP contribution in [0.15, 0.2) is 54.6 Å². The van der Waals surface area contributed by atoms with Gasteiger partial charge in [-0.3, -0.25) is 15.0 Å². The van der Waals surface area contributed by atoms with E-state index in [1.807, 2.05) is 0 Å². The Balaban J connectivity index is 1.69. The molecule has 1 atom stereocenters. The SMILES string of the molecule is N=C(N)c1ccc(OC(=O)c2ccc(-c3ccc(C(=O)N[C@@H](CC(=O)O)C(=O)O)cc3)s2)c(F)c1. The molecule has 0 aliphatic carbocycles. The van der Waals surface area contributed by atoms with Gasteiger partial charge in [0.15, 0.2) is 11.6 Å². The van der Waals surface area contributed by atoms with E-state index >= 15 is 0 Å². The highest BCUT2D eigenvalue weighted by molar-refractivity contribution is 7.17. The summed E-state index contributed by atoms with van der Waals surface area (Å²) in [5.41, 5.74) is 6.21. The standard InChI is InChI=1S/C23H18FN3O7S/c24-14-9-13(20(25)26)5-6-16(14)34-23(33)18-8-7-17(35-18)11-1-3-12(4-2-11)21(30)27-15(22(31)32)10-19(28)29/h1-9,15H,10H2,(H3,25,26)(H,27,30)(H,28,29)(H,31,32)/t15-/m0/s1. The zero-order chi connectivity index (χ0) is 25.7. The van der Waals surface area contributed by atoms with Gasteiger partial charge in [0.1, 0.15) is 16.8 Å². The number of carboxylic acids is 2. The maximum atomic E-state index is 14.1. The van der Waals surface area contributed by atoms with Crippen LogP contribution in [0.5, 0.6) is 5.75 Å². The largest absolute Gasteiger partial charge is 0.481 e. The van der Waals surface area contributed by atoms with Crippen molar-refractivity contribution in [1.82, 2.24) is 5.32 Å². The number of carbonyl (C=O) groups excluding carboxylic acids is 2. The number of nitrogen functional groups attached to an aromatic ring is 1. The number of hydrogen-bond acceptors (Lipinski definition) is 7. The number of benzene rings is 2. The normalized spacial score (nSPS) is 11.3. The molecule has 0 saturated carbocycles. The van der Waals surface area contributed by atoms with Gasteiger partial charge in [-0.05, 0) is 48.0 Å². The Labute approximate surface area is 201 Å². The average molecular weight is 499 g/mol. The molecule has 3 aromatic rings. The molecule has 2 aromatic carbocycles. The molecule has 1 heterocycles. The summed E-state index contributed by atoms with van der Waals surface area (Å²) < 4.78 is 19.2. The molecular weight excluding hydrogens is 481 g/mol. The molecule has 0 aliphatic heterocycles. The monoisotopic (exact) mass is 499 g/mol. The molecular formula is C23H18FN3O7S. The molecule has 0 bridgehead atoms. The third-order valence-corrected chi connectivity index (χ3v) is 5.78. The number of aliphatic carboxylic acids is 2. The molecule has 0 saturated heterocycles. The van der Waals surface area contributed by atoms with E-state index in [-0.39, 0.29) is 27.6 Å². The van der Waals surface area contributed by atoms with Crippen LogP contribution in [0.25, 0.3) is 10.4 Å². The van der Waals surface area contributed by atoms with E-state index in [0.717, 1.165) is 17.4 Å². The van der Waals surface area contributed by atoms with E-state index in [4.69, 9.17) is 26.1 Å². The number of rotatable bonds is 9. The van der Waals surface area contributed by atoms with Gasteiger partial charge < -0.3 is 26.0 Å². The highest BCUT2D eigenvalue weighted by atomic mass is 32.1. The Morgan fingerprint density at radius 2 is 1.69 bits per heavy atom. The lowest BCUT2D eigenvalue weighted by Crippen LogP contribution is -2.42. The third-order valence-electron chi connectivity index (χ3n) is 4.67. The Hall–Kier alpha value is -4.58. The first-order chi connectivity index (χ1) is 16.5. The van der Waals surface area contributed by atoms with Crippen LogP contribution in [0, 0.1) is 11.2 Å². The van der Waals surface area contributed by atoms with Crippen LogP contribution in [0.3, 0.4) is 0 Å². The van der Waals surface area contributed by atoms with Crippen molar-refractivity contribution in [2.45, 2.75) is 12.5 Å². The molecule has 0 radical (unpaired) electrons. The van der Waals surface area contributed by atoms with Crippen molar-refractivity contribution in [2.24, 2.45) is 5.73 Å². The lowest BCUT2D eigenvalue weighted by atomic mass is 10.1. The predicted molar refractivity (Wildman–Crippen MR) is 123 cm³/mol. The van der Waals surface area contributed by atoms with Gasteiger partial charge in [0, 0.05) is 16.0 Å². The van der Waals surface area contributed by atoms with Crippen molar-refractivity contribution < 1.29 is 38.5 Å². The maximum Gasteiger partial charge on any atom is 0.353 e. The lowest BCUT2D eigenvalue weighted by molar-refractivity contribution is -0.145. The summed E-state index contributed by atoms with van der Waals surface area (Å²) >= 11 is 1.07. The summed E-state index contributed by atoms with van der Waals surface area (Å²) in [7, 11) is 0. The van der Waals surface area contributed by atoms with Crippen molar-refractivity contribution in [2.75, 3.05) is 0 Å². The zero-order valence-electron chi connectivity index (χ0n) is 17.8. The van der Waals surface area contributed by atoms with Crippen molar-refractivity contribution in [3.63, 3.8) is 0 Å². The maximum absolute atomic E-state index is 14.1. The second-order valence-electron chi connectivity index (χ2n) is 7.15. The van der Waals surface area contributed by atoms with E-state index in [1.54, 1.807) is 18.2 Å². The number of ether oxygens (including phenoxy) is 1. The van der Waals surface area contributed by atoms with Crippen LogP contribution in [0.1, 0.15) is 32.0 Å². The molecule has 0 fully saturated rings. The van der Waals surface area contributed by atoms with Crippen LogP contribution in [-0.4, -0.2) is 45.9 Å². The minimum atomic E-state index is -1.57. The third kappa shape index (κ3) is 6.26. The molecule has 35 heavy (non-hydrogen) atoms. The molecule has 180 valence electrons. The number of halogens is 1. The fourth-order valence-electron chi connectivity index (χ4n) is 2.91. The number of hydrogen-bond donors (Lipinski definition) is 5. The summed E-state index contributed by atoms with van der Waals surface area (Å²) in [5, 5.41) is 27.3. The summed E-state index contributed by atoms with van der Waals surface area (Å²) in [4.78, 5) is 47.4. The number of amides is 1. The van der Waals surface area contributed by atoms with Crippen LogP contribution in [0.4, 0.5) is 4.39 Å². The van der Waals surface area contributed by atoms with Crippen LogP contribution < -0.4 is 15.8 Å². The summed E-state index contributed by atoms with van der Waals surface area (Å²) in [6, 6.07) is 11.1. The van der Waals surface area contributed by atoms with Crippen molar-refractivity contribution >= 4 is 41.0 Å². The van der Waals surface area contributed by atoms with E-state index in [2.05, 4.69) is 5.32 Å². The van der Waals surface area contributed by atoms with Gasteiger partial charge in [-0.25, -0.2) is 14.0 Å². The van der Waals surface area contributed by atoms with Gasteiger partial charge >= 0.3 is 17.9 Å². The number of nitrogens with one attached hydrogen (secondary N) is 2. The highest BCUT2D eigenvalue weighted by Gasteiger charge is 2.23. The Morgan fingerprint density at radius 1 is 1.03 bits per heavy atom. The predicted octanol–water partition coefficient (Wildman–Crippen LogP) is 2.72. The van der Waals surface area contributed by atoms with Crippen molar-refractivity contribution in [3.8, 4) is 16.2 Å². The number of carbonyl (C=O) groups is 4. The Morgan fingerprint density at radius 3 is 2.26 bits per heavy atom. The van der Waals surface area contributed by atoms with Crippen LogP contribution in [-0.2, 0) is 9.59 Å². The molecule has 0 unspecified atom stereocenters. The number of thiophene rings is 1. The molecule has 3 rings (SSSR count). The molecule has 1 amide bonds. The second-order valence-corrected chi connectivity index (χ2v) is 8.24. The summed E-state index contributed by atoms with van der Waals surface area (Å²) in [6.45, 7) is 0. The molecule has 10 nitrogen and oxygen atoms in total. The van der Waals surface area contributed by atoms with Crippen LogP contribution >= 0.6 is 11.3 Å². The number of amidine groups is 1. The number of esters is 1. The fraction of sp³-hybridized carbons (Fsp3) is 0.0870. The quantitative estimate of drug-likeness (QED) is 0.129. The van der Waals surface area contributed by atoms with E-state index in [9.17, 15) is 23.6 Å². The average Bonchev–Trinajstić information content (AvgIpc) is 3.30. The van der Waals surface area contributed by atoms with E-state index in [1.165, 1.54) is 30.3 Å². The second kappa shape index (κ2) is 10.6. The minimum absolute atomic E-state index is 0.117. The summed E-state index contributed by atoms with van der Waals surface area (Å²) in [6.07, 6.45) is -0.766. The summed E-state index contributed by atoms with van der Waals surface area (Å²) in [5.74, 6) is -5.85. The minimum Gasteiger partial charge on any atom is -0.481 e. The first-order valence-corrected chi connectivity index (χ1v) is 10.7. The Kier molecular flexibility index (Phi) is 7.56. The van der Waals surface area contributed by atoms with Gasteiger partial charge in [-0.1, -0.05) is 12.1 Å². The topological polar surface area (TPSA) is 180 Å².